The maximum absolute atomic E-state index is 12.7. The van der Waals surface area contributed by atoms with E-state index in [-0.39, 0.29) is 30.8 Å². The van der Waals surface area contributed by atoms with Gasteiger partial charge in [0.15, 0.2) is 12.6 Å². The molecule has 148 valence electrons. The molecule has 8 heteroatoms. The second-order valence-corrected chi connectivity index (χ2v) is 6.88. The zero-order chi connectivity index (χ0) is 20.1. The molecule has 2 N–H and O–H groups in total. The normalized spacial score (nSPS) is 15.5. The maximum atomic E-state index is 12.7. The van der Waals surface area contributed by atoms with Gasteiger partial charge in [0, 0.05) is 5.39 Å². The van der Waals surface area contributed by atoms with Gasteiger partial charge < -0.3 is 24.5 Å². The van der Waals surface area contributed by atoms with Gasteiger partial charge in [-0.3, -0.25) is 14.4 Å². The third kappa shape index (κ3) is 4.77. The second-order valence-electron chi connectivity index (χ2n) is 6.88. The minimum atomic E-state index is -0.849. The molecule has 1 aromatic carbocycles. The molecule has 2 amide bonds. The molecular formula is C20H22N2O6. The topological polar surface area (TPSA) is 107 Å². The van der Waals surface area contributed by atoms with E-state index >= 15 is 0 Å². The molecule has 8 nitrogen and oxygen atoms in total. The van der Waals surface area contributed by atoms with Crippen LogP contribution >= 0.6 is 0 Å². The van der Waals surface area contributed by atoms with E-state index in [1.54, 1.807) is 12.1 Å². The van der Waals surface area contributed by atoms with Crippen molar-refractivity contribution in [2.75, 3.05) is 13.4 Å². The van der Waals surface area contributed by atoms with Crippen molar-refractivity contribution in [2.24, 2.45) is 5.92 Å². The van der Waals surface area contributed by atoms with Crippen molar-refractivity contribution in [1.29, 1.82) is 0 Å². The van der Waals surface area contributed by atoms with Crippen LogP contribution < -0.4 is 10.6 Å². The van der Waals surface area contributed by atoms with Crippen LogP contribution in [0.15, 0.2) is 46.7 Å². The summed E-state index contributed by atoms with van der Waals surface area (Å²) >= 11 is 0. The van der Waals surface area contributed by atoms with Crippen LogP contribution in [-0.4, -0.2) is 37.0 Å². The SMILES string of the molecule is CC(C)C[C@H](NC(=O)c1cc2ccccc2o1)C(=O)NC1=COCOCC1=O. The molecule has 2 heterocycles. The molecule has 0 fully saturated rings. The fraction of sp³-hybridized carbons (Fsp3) is 0.350. The van der Waals surface area contributed by atoms with E-state index in [1.807, 2.05) is 32.0 Å². The van der Waals surface area contributed by atoms with E-state index in [1.165, 1.54) is 0 Å². The van der Waals surface area contributed by atoms with Crippen molar-refractivity contribution >= 4 is 28.6 Å². The molecule has 0 spiro atoms. The quantitative estimate of drug-likeness (QED) is 0.787. The van der Waals surface area contributed by atoms with Crippen molar-refractivity contribution < 1.29 is 28.3 Å². The second kappa shape index (κ2) is 8.71. The van der Waals surface area contributed by atoms with Crippen LogP contribution in [0, 0.1) is 5.92 Å². The number of ketones is 1. The van der Waals surface area contributed by atoms with E-state index in [4.69, 9.17) is 13.9 Å². The summed E-state index contributed by atoms with van der Waals surface area (Å²) in [6.07, 6.45) is 1.54. The van der Waals surface area contributed by atoms with Gasteiger partial charge in [0.1, 0.15) is 30.2 Å². The van der Waals surface area contributed by atoms with Crippen molar-refractivity contribution in [3.05, 3.63) is 48.1 Å². The van der Waals surface area contributed by atoms with Gasteiger partial charge >= 0.3 is 0 Å². The molecule has 3 rings (SSSR count). The highest BCUT2D eigenvalue weighted by Gasteiger charge is 2.26. The Kier molecular flexibility index (Phi) is 6.10. The summed E-state index contributed by atoms with van der Waals surface area (Å²) in [7, 11) is 0. The van der Waals surface area contributed by atoms with Crippen LogP contribution in [0.4, 0.5) is 0 Å². The Morgan fingerprint density at radius 2 is 2.00 bits per heavy atom. The minimum Gasteiger partial charge on any atom is -0.473 e. The predicted octanol–water partition coefficient (Wildman–Crippen LogP) is 2.11. The lowest BCUT2D eigenvalue weighted by molar-refractivity contribution is -0.126. The Bertz CT molecular complexity index is 881. The van der Waals surface area contributed by atoms with Gasteiger partial charge in [0.2, 0.25) is 11.7 Å². The maximum Gasteiger partial charge on any atom is 0.287 e. The number of carbonyl (C=O) groups excluding carboxylic acids is 3. The molecule has 0 unspecified atom stereocenters. The summed E-state index contributed by atoms with van der Waals surface area (Å²) in [5, 5.41) is 6.01. The highest BCUT2D eigenvalue weighted by atomic mass is 16.7. The molecule has 0 bridgehead atoms. The fourth-order valence-corrected chi connectivity index (χ4v) is 2.79. The number of rotatable bonds is 6. The first-order valence-corrected chi connectivity index (χ1v) is 8.97. The summed E-state index contributed by atoms with van der Waals surface area (Å²) in [4.78, 5) is 37.3. The average molecular weight is 386 g/mol. The zero-order valence-corrected chi connectivity index (χ0v) is 15.7. The predicted molar refractivity (Wildman–Crippen MR) is 100 cm³/mol. The molecule has 0 saturated heterocycles. The largest absolute Gasteiger partial charge is 0.473 e. The van der Waals surface area contributed by atoms with Gasteiger partial charge in [-0.1, -0.05) is 32.0 Å². The lowest BCUT2D eigenvalue weighted by atomic mass is 10.0. The number of para-hydroxylation sites is 1. The number of hydrogen-bond acceptors (Lipinski definition) is 6. The first-order valence-electron chi connectivity index (χ1n) is 8.97. The number of benzene rings is 1. The van der Waals surface area contributed by atoms with Crippen LogP contribution in [0.5, 0.6) is 0 Å². The Hall–Kier alpha value is -3.13. The van der Waals surface area contributed by atoms with E-state index in [2.05, 4.69) is 10.6 Å². The lowest BCUT2D eigenvalue weighted by Crippen LogP contribution is -2.48. The average Bonchev–Trinajstić information content (AvgIpc) is 3.00. The van der Waals surface area contributed by atoms with Crippen LogP contribution in [0.25, 0.3) is 11.0 Å². The molecule has 1 atom stereocenters. The molecule has 28 heavy (non-hydrogen) atoms. The third-order valence-electron chi connectivity index (χ3n) is 4.12. The van der Waals surface area contributed by atoms with Gasteiger partial charge in [0.25, 0.3) is 5.91 Å². The smallest absolute Gasteiger partial charge is 0.287 e. The summed E-state index contributed by atoms with van der Waals surface area (Å²) in [6.45, 7) is 3.61. The van der Waals surface area contributed by atoms with Gasteiger partial charge in [-0.15, -0.1) is 0 Å². The van der Waals surface area contributed by atoms with Crippen LogP contribution in [-0.2, 0) is 19.1 Å². The first-order chi connectivity index (χ1) is 13.4. The van der Waals surface area contributed by atoms with E-state index < -0.39 is 23.6 Å². The van der Waals surface area contributed by atoms with Gasteiger partial charge in [-0.05, 0) is 24.5 Å². The highest BCUT2D eigenvalue weighted by Crippen LogP contribution is 2.19. The number of Topliss-reactive ketones (excluding diaryl/α,β-unsaturated/α-hetero) is 1. The van der Waals surface area contributed by atoms with Crippen LogP contribution in [0.3, 0.4) is 0 Å². The van der Waals surface area contributed by atoms with Crippen molar-refractivity contribution in [3.8, 4) is 0 Å². The number of furan rings is 1. The zero-order valence-electron chi connectivity index (χ0n) is 15.7. The number of hydrogen-bond donors (Lipinski definition) is 2. The van der Waals surface area contributed by atoms with Crippen molar-refractivity contribution in [2.45, 2.75) is 26.3 Å². The van der Waals surface area contributed by atoms with E-state index in [0.717, 1.165) is 11.6 Å². The minimum absolute atomic E-state index is 0.00533. The number of ether oxygens (including phenoxy) is 2. The number of fused-ring (bicyclic) bond motifs is 1. The van der Waals surface area contributed by atoms with Crippen molar-refractivity contribution in [1.82, 2.24) is 10.6 Å². The molecule has 0 radical (unpaired) electrons. The Labute approximate surface area is 161 Å². The van der Waals surface area contributed by atoms with Gasteiger partial charge in [0.05, 0.1) is 0 Å². The summed E-state index contributed by atoms with van der Waals surface area (Å²) < 4.78 is 15.5. The van der Waals surface area contributed by atoms with Gasteiger partial charge in [-0.25, -0.2) is 0 Å². The van der Waals surface area contributed by atoms with Crippen LogP contribution in [0.1, 0.15) is 30.8 Å². The summed E-state index contributed by atoms with van der Waals surface area (Å²) in [5.41, 5.74) is 0.582. The third-order valence-corrected chi connectivity index (χ3v) is 4.12. The molecule has 1 aromatic heterocycles. The lowest BCUT2D eigenvalue weighted by Gasteiger charge is -2.20. The molecule has 0 saturated carbocycles. The van der Waals surface area contributed by atoms with Crippen LogP contribution in [0.2, 0.25) is 0 Å². The van der Waals surface area contributed by atoms with Crippen molar-refractivity contribution in [3.63, 3.8) is 0 Å². The molecule has 2 aromatic rings. The molecule has 1 aliphatic heterocycles. The Balaban J connectivity index is 1.73. The fourth-order valence-electron chi connectivity index (χ4n) is 2.79. The van der Waals surface area contributed by atoms with E-state index in [0.29, 0.717) is 12.0 Å². The standard InChI is InChI=1S/C20H22N2O6/c1-12(2)7-14(19(24)22-15-9-26-11-27-10-16(15)23)21-20(25)18-8-13-5-3-4-6-17(13)28-18/h3-6,8-9,12,14H,7,10-11H2,1-2H3,(H,21,25)(H,22,24)/t14-/m0/s1. The Morgan fingerprint density at radius 3 is 2.75 bits per heavy atom. The van der Waals surface area contributed by atoms with E-state index in [9.17, 15) is 14.4 Å². The Morgan fingerprint density at radius 1 is 1.21 bits per heavy atom. The highest BCUT2D eigenvalue weighted by molar-refractivity contribution is 6.02. The van der Waals surface area contributed by atoms with Gasteiger partial charge in [-0.2, -0.15) is 0 Å². The molecule has 0 aliphatic carbocycles. The number of amides is 2. The summed E-state index contributed by atoms with van der Waals surface area (Å²) in [5.74, 6) is -1.17. The first kappa shape index (κ1) is 19.6. The number of carbonyl (C=O) groups is 3. The molecule has 1 aliphatic rings. The number of nitrogens with one attached hydrogen (secondary N) is 2. The monoisotopic (exact) mass is 386 g/mol. The molecular weight excluding hydrogens is 364 g/mol. The summed E-state index contributed by atoms with van der Waals surface area (Å²) in [6, 6.07) is 8.02.